The lowest BCUT2D eigenvalue weighted by atomic mass is 10.4. The van der Waals surface area contributed by atoms with Gasteiger partial charge < -0.3 is 15.0 Å². The molecule has 0 fully saturated rings. The number of rotatable bonds is 7. The van der Waals surface area contributed by atoms with Gasteiger partial charge in [-0.05, 0) is 13.8 Å². The molecule has 0 aromatic carbocycles. The number of thioether (sulfide) groups is 1. The summed E-state index contributed by atoms with van der Waals surface area (Å²) in [6.07, 6.45) is 0. The number of aromatic nitrogens is 1. The Labute approximate surface area is 115 Å². The Balaban J connectivity index is 2.22. The van der Waals surface area contributed by atoms with Gasteiger partial charge in [0.25, 0.3) is 0 Å². The second-order valence-corrected chi connectivity index (χ2v) is 4.78. The minimum absolute atomic E-state index is 0.173. The Hall–Kier alpha value is -1.54. The second kappa shape index (κ2) is 7.80. The van der Waals surface area contributed by atoms with Crippen LogP contribution in [-0.4, -0.2) is 41.2 Å². The van der Waals surface area contributed by atoms with Gasteiger partial charge in [0.15, 0.2) is 0 Å². The molecule has 106 valence electrons. The zero-order valence-corrected chi connectivity index (χ0v) is 11.7. The molecule has 0 spiro atoms. The van der Waals surface area contributed by atoms with Crippen LogP contribution >= 0.6 is 11.8 Å². The van der Waals surface area contributed by atoms with Crippen molar-refractivity contribution in [3.63, 3.8) is 0 Å². The lowest BCUT2D eigenvalue weighted by molar-refractivity contribution is -0.144. The molecule has 8 heteroatoms. The number of nitrogens with one attached hydrogen (secondary N) is 1. The van der Waals surface area contributed by atoms with Crippen LogP contribution in [0.3, 0.4) is 0 Å². The summed E-state index contributed by atoms with van der Waals surface area (Å²) in [6, 6.07) is 0.901. The molecule has 1 rings (SSSR count). The fraction of sp³-hybridized carbons (Fsp3) is 0.545. The van der Waals surface area contributed by atoms with Crippen LogP contribution in [-0.2, 0) is 14.3 Å². The largest absolute Gasteiger partial charge is 0.465 e. The summed E-state index contributed by atoms with van der Waals surface area (Å²) >= 11 is 1.25. The molecule has 1 unspecified atom stereocenters. The fourth-order valence-corrected chi connectivity index (χ4v) is 1.96. The Bertz CT molecular complexity index is 435. The van der Waals surface area contributed by atoms with Crippen molar-refractivity contribution in [1.82, 2.24) is 5.16 Å². The summed E-state index contributed by atoms with van der Waals surface area (Å²) in [5, 5.41) is 6.19. The van der Waals surface area contributed by atoms with E-state index < -0.39 is 12.0 Å². The third kappa shape index (κ3) is 5.75. The molecule has 7 nitrogen and oxygen atoms in total. The average Bonchev–Trinajstić information content (AvgIpc) is 2.74. The smallest absolute Gasteiger partial charge is 0.323 e. The van der Waals surface area contributed by atoms with E-state index in [9.17, 15) is 9.59 Å². The summed E-state index contributed by atoms with van der Waals surface area (Å²) in [6.45, 7) is 3.76. The van der Waals surface area contributed by atoms with E-state index in [0.717, 1.165) is 0 Å². The van der Waals surface area contributed by atoms with Crippen molar-refractivity contribution >= 4 is 29.5 Å². The van der Waals surface area contributed by atoms with Crippen LogP contribution in [0.15, 0.2) is 10.6 Å². The normalized spacial score (nSPS) is 11.9. The highest BCUT2D eigenvalue weighted by Crippen LogP contribution is 2.10. The minimum Gasteiger partial charge on any atom is -0.465 e. The number of aryl methyl sites for hydroxylation is 1. The summed E-state index contributed by atoms with van der Waals surface area (Å²) in [5.41, 5.74) is 6.28. The zero-order valence-electron chi connectivity index (χ0n) is 10.8. The van der Waals surface area contributed by atoms with Crippen molar-refractivity contribution in [2.45, 2.75) is 19.9 Å². The molecule has 0 aliphatic carbocycles. The van der Waals surface area contributed by atoms with Gasteiger partial charge in [-0.25, -0.2) is 0 Å². The number of hydrogen-bond acceptors (Lipinski definition) is 7. The Morgan fingerprint density at radius 2 is 2.37 bits per heavy atom. The molecule has 3 N–H and O–H groups in total. The SMILES string of the molecule is CCOC(=O)C(N)CSCC(=O)Nc1cc(C)no1. The van der Waals surface area contributed by atoms with Crippen molar-refractivity contribution < 1.29 is 18.8 Å². The summed E-state index contributed by atoms with van der Waals surface area (Å²) in [7, 11) is 0. The van der Waals surface area contributed by atoms with Crippen LogP contribution in [0.2, 0.25) is 0 Å². The highest BCUT2D eigenvalue weighted by Gasteiger charge is 2.15. The first kappa shape index (κ1) is 15.5. The van der Waals surface area contributed by atoms with Crippen LogP contribution in [0.5, 0.6) is 0 Å². The average molecular weight is 287 g/mol. The van der Waals surface area contributed by atoms with E-state index in [4.69, 9.17) is 15.0 Å². The Kier molecular flexibility index (Phi) is 6.37. The van der Waals surface area contributed by atoms with Gasteiger partial charge in [0, 0.05) is 11.8 Å². The number of nitrogens with two attached hydrogens (primary N) is 1. The molecule has 0 aliphatic heterocycles. The summed E-state index contributed by atoms with van der Waals surface area (Å²) in [5.74, 6) is 0.102. The first-order valence-corrected chi connectivity index (χ1v) is 6.91. The maximum absolute atomic E-state index is 11.5. The molecule has 0 saturated carbocycles. The molecule has 1 atom stereocenters. The Morgan fingerprint density at radius 3 is 2.95 bits per heavy atom. The van der Waals surface area contributed by atoms with Gasteiger partial charge in [-0.2, -0.15) is 0 Å². The van der Waals surface area contributed by atoms with E-state index in [-0.39, 0.29) is 11.7 Å². The van der Waals surface area contributed by atoms with Crippen molar-refractivity contribution in [2.75, 3.05) is 23.4 Å². The van der Waals surface area contributed by atoms with E-state index in [1.807, 2.05) is 0 Å². The minimum atomic E-state index is -0.717. The molecule has 0 radical (unpaired) electrons. The number of ether oxygens (including phenoxy) is 1. The molecule has 1 amide bonds. The number of anilines is 1. The monoisotopic (exact) mass is 287 g/mol. The lowest BCUT2D eigenvalue weighted by Crippen LogP contribution is -2.35. The van der Waals surface area contributed by atoms with Crippen LogP contribution < -0.4 is 11.1 Å². The summed E-state index contributed by atoms with van der Waals surface area (Å²) < 4.78 is 9.60. The molecule has 1 aromatic heterocycles. The van der Waals surface area contributed by atoms with E-state index >= 15 is 0 Å². The van der Waals surface area contributed by atoms with E-state index in [0.29, 0.717) is 23.9 Å². The third-order valence-electron chi connectivity index (χ3n) is 2.01. The van der Waals surface area contributed by atoms with E-state index in [1.54, 1.807) is 19.9 Å². The topological polar surface area (TPSA) is 107 Å². The van der Waals surface area contributed by atoms with Gasteiger partial charge in [0.1, 0.15) is 6.04 Å². The third-order valence-corrected chi connectivity index (χ3v) is 3.07. The highest BCUT2D eigenvalue weighted by atomic mass is 32.2. The first-order chi connectivity index (χ1) is 9.02. The van der Waals surface area contributed by atoms with E-state index in [1.165, 1.54) is 11.8 Å². The van der Waals surface area contributed by atoms with Crippen LogP contribution in [0.1, 0.15) is 12.6 Å². The maximum atomic E-state index is 11.5. The number of esters is 1. The number of hydrogen-bond donors (Lipinski definition) is 2. The van der Waals surface area contributed by atoms with Gasteiger partial charge in [0.2, 0.25) is 11.8 Å². The molecule has 0 aliphatic rings. The predicted octanol–water partition coefficient (Wildman–Crippen LogP) is 0.545. The standard InChI is InChI=1S/C11H17N3O4S/c1-3-17-11(16)8(12)5-19-6-9(15)13-10-4-7(2)14-18-10/h4,8H,3,5-6,12H2,1-2H3,(H,13,15). The number of carbonyl (C=O) groups excluding carboxylic acids is 2. The molecule has 19 heavy (non-hydrogen) atoms. The van der Waals surface area contributed by atoms with Gasteiger partial charge >= 0.3 is 5.97 Å². The van der Waals surface area contributed by atoms with Gasteiger partial charge in [-0.1, -0.05) is 5.16 Å². The zero-order chi connectivity index (χ0) is 14.3. The first-order valence-electron chi connectivity index (χ1n) is 5.76. The number of nitrogens with zero attached hydrogens (tertiary/aromatic N) is 1. The quantitative estimate of drug-likeness (QED) is 0.705. The lowest BCUT2D eigenvalue weighted by Gasteiger charge is -2.09. The van der Waals surface area contributed by atoms with Gasteiger partial charge in [-0.3, -0.25) is 14.9 Å². The van der Waals surface area contributed by atoms with Crippen LogP contribution in [0.25, 0.3) is 0 Å². The Morgan fingerprint density at radius 1 is 1.63 bits per heavy atom. The molecule has 1 heterocycles. The van der Waals surface area contributed by atoms with E-state index in [2.05, 4.69) is 10.5 Å². The van der Waals surface area contributed by atoms with Gasteiger partial charge in [-0.15, -0.1) is 11.8 Å². The van der Waals surface area contributed by atoms with Crippen molar-refractivity contribution in [2.24, 2.45) is 5.73 Å². The molecule has 0 saturated heterocycles. The fourth-order valence-electron chi connectivity index (χ4n) is 1.19. The van der Waals surface area contributed by atoms with Crippen molar-refractivity contribution in [1.29, 1.82) is 0 Å². The summed E-state index contributed by atoms with van der Waals surface area (Å²) in [4.78, 5) is 22.8. The second-order valence-electron chi connectivity index (χ2n) is 3.75. The van der Waals surface area contributed by atoms with Crippen LogP contribution in [0, 0.1) is 6.92 Å². The number of carbonyl (C=O) groups is 2. The highest BCUT2D eigenvalue weighted by molar-refractivity contribution is 8.00. The van der Waals surface area contributed by atoms with Crippen molar-refractivity contribution in [3.8, 4) is 0 Å². The predicted molar refractivity (Wildman–Crippen MR) is 71.8 cm³/mol. The molecular formula is C11H17N3O4S. The maximum Gasteiger partial charge on any atom is 0.323 e. The number of amides is 1. The van der Waals surface area contributed by atoms with Crippen LogP contribution in [0.4, 0.5) is 5.88 Å². The van der Waals surface area contributed by atoms with Crippen molar-refractivity contribution in [3.05, 3.63) is 11.8 Å². The molecule has 1 aromatic rings. The molecule has 0 bridgehead atoms. The van der Waals surface area contributed by atoms with Gasteiger partial charge in [0.05, 0.1) is 18.1 Å². The molecular weight excluding hydrogens is 270 g/mol.